The summed E-state index contributed by atoms with van der Waals surface area (Å²) in [6.07, 6.45) is -1.17. The SMILES string of the molecule is COCCOC(=O)NCCC[C@@H](C)Nc1nc(N)nc(SC)c1C#N.O=CNc1cccc(C(F)(F)F)c1. The first-order valence-electron chi connectivity index (χ1n) is 11.2. The van der Waals surface area contributed by atoms with Crippen LogP contribution in [0.2, 0.25) is 0 Å². The van der Waals surface area contributed by atoms with Gasteiger partial charge >= 0.3 is 12.3 Å². The van der Waals surface area contributed by atoms with E-state index in [1.165, 1.54) is 23.9 Å². The van der Waals surface area contributed by atoms with Crippen molar-refractivity contribution in [1.82, 2.24) is 15.3 Å². The lowest BCUT2D eigenvalue weighted by Crippen LogP contribution is -2.27. The van der Waals surface area contributed by atoms with Crippen molar-refractivity contribution >= 4 is 41.7 Å². The molecule has 0 spiro atoms. The van der Waals surface area contributed by atoms with Gasteiger partial charge in [-0.15, -0.1) is 11.8 Å². The fourth-order valence-corrected chi connectivity index (χ4v) is 3.37. The molecule has 2 amide bonds. The molecule has 11 nitrogen and oxygen atoms in total. The molecule has 0 aliphatic heterocycles. The summed E-state index contributed by atoms with van der Waals surface area (Å²) < 4.78 is 46.0. The van der Waals surface area contributed by atoms with Crippen LogP contribution in [0.25, 0.3) is 0 Å². The van der Waals surface area contributed by atoms with Gasteiger partial charge in [-0.3, -0.25) is 4.79 Å². The zero-order valence-corrected chi connectivity index (χ0v) is 21.9. The third-order valence-corrected chi connectivity index (χ3v) is 5.28. The van der Waals surface area contributed by atoms with Crippen LogP contribution in [0.4, 0.5) is 35.4 Å². The van der Waals surface area contributed by atoms with Crippen molar-refractivity contribution in [2.45, 2.75) is 37.0 Å². The van der Waals surface area contributed by atoms with Crippen LogP contribution in [0.3, 0.4) is 0 Å². The van der Waals surface area contributed by atoms with Crippen LogP contribution in [0.15, 0.2) is 29.3 Å². The number of nitrogens with zero attached hydrogens (tertiary/aromatic N) is 3. The zero-order chi connectivity index (χ0) is 28.6. The number of alkyl halides is 3. The molecule has 0 fully saturated rings. The Bertz CT molecular complexity index is 1080. The summed E-state index contributed by atoms with van der Waals surface area (Å²) in [6.45, 7) is 3.06. The van der Waals surface area contributed by atoms with Gasteiger partial charge in [0.15, 0.2) is 5.82 Å². The van der Waals surface area contributed by atoms with E-state index in [1.807, 2.05) is 13.2 Å². The van der Waals surface area contributed by atoms with E-state index in [4.69, 9.17) is 15.2 Å². The van der Waals surface area contributed by atoms with Gasteiger partial charge in [0.25, 0.3) is 0 Å². The van der Waals surface area contributed by atoms with Crippen molar-refractivity contribution in [2.24, 2.45) is 0 Å². The molecule has 2 aromatic rings. The second-order valence-corrected chi connectivity index (χ2v) is 8.31. The van der Waals surface area contributed by atoms with Gasteiger partial charge in [-0.1, -0.05) is 6.07 Å². The molecule has 0 aliphatic rings. The number of alkyl carbamates (subject to hydrolysis) is 1. The molecule has 5 N–H and O–H groups in total. The fraction of sp³-hybridized carbons (Fsp3) is 0.435. The number of hydrogen-bond acceptors (Lipinski definition) is 10. The third kappa shape index (κ3) is 12.0. The molecule has 0 saturated carbocycles. The lowest BCUT2D eigenvalue weighted by atomic mass is 10.1. The first-order valence-corrected chi connectivity index (χ1v) is 12.4. The molecule has 1 aromatic carbocycles. The molecule has 0 aliphatic carbocycles. The third-order valence-electron chi connectivity index (χ3n) is 4.60. The number of nitrogens with two attached hydrogens (primary N) is 1. The summed E-state index contributed by atoms with van der Waals surface area (Å²) >= 11 is 1.34. The van der Waals surface area contributed by atoms with E-state index in [-0.39, 0.29) is 24.3 Å². The van der Waals surface area contributed by atoms with Gasteiger partial charge in [0.1, 0.15) is 23.3 Å². The minimum atomic E-state index is -4.37. The first-order chi connectivity index (χ1) is 18.0. The predicted molar refractivity (Wildman–Crippen MR) is 138 cm³/mol. The number of thioether (sulfide) groups is 1. The normalized spacial score (nSPS) is 11.3. The van der Waals surface area contributed by atoms with Crippen molar-refractivity contribution in [3.8, 4) is 6.07 Å². The quantitative estimate of drug-likeness (QED) is 0.130. The minimum absolute atomic E-state index is 0.0439. The zero-order valence-electron chi connectivity index (χ0n) is 21.1. The summed E-state index contributed by atoms with van der Waals surface area (Å²) in [6, 6.07) is 6.57. The monoisotopic (exact) mass is 557 g/mol. The average molecular weight is 558 g/mol. The number of rotatable bonds is 12. The molecule has 1 aromatic heterocycles. The topological polar surface area (TPSA) is 164 Å². The first kappa shape index (κ1) is 32.3. The van der Waals surface area contributed by atoms with Crippen molar-refractivity contribution in [3.05, 3.63) is 35.4 Å². The van der Waals surface area contributed by atoms with E-state index in [2.05, 4.69) is 32.0 Å². The number of halogens is 3. The van der Waals surface area contributed by atoms with Crippen LogP contribution >= 0.6 is 11.8 Å². The Kier molecular flexibility index (Phi) is 14.3. The number of nitrogens with one attached hydrogen (secondary N) is 3. The Balaban J connectivity index is 0.000000464. The Labute approximate surface area is 222 Å². The van der Waals surface area contributed by atoms with E-state index in [0.29, 0.717) is 36.0 Å². The Hall–Kier alpha value is -3.77. The minimum Gasteiger partial charge on any atom is -0.447 e. The highest BCUT2D eigenvalue weighted by Gasteiger charge is 2.30. The number of aromatic nitrogens is 2. The van der Waals surface area contributed by atoms with Crippen LogP contribution in [-0.4, -0.2) is 61.6 Å². The molecule has 208 valence electrons. The number of ether oxygens (including phenoxy) is 2. The van der Waals surface area contributed by atoms with Crippen molar-refractivity contribution in [2.75, 3.05) is 49.5 Å². The molecular formula is C23H30F3N7O4S. The number of methoxy groups -OCH3 is 1. The molecule has 1 heterocycles. The lowest BCUT2D eigenvalue weighted by Gasteiger charge is -2.16. The molecule has 15 heteroatoms. The number of carbonyl (C=O) groups excluding carboxylic acids is 2. The number of hydrogen-bond donors (Lipinski definition) is 4. The summed E-state index contributed by atoms with van der Waals surface area (Å²) in [5.74, 6) is 0.553. The number of carbonyl (C=O) groups is 2. The highest BCUT2D eigenvalue weighted by Crippen LogP contribution is 2.30. The second-order valence-electron chi connectivity index (χ2n) is 7.51. The number of anilines is 3. The highest BCUT2D eigenvalue weighted by molar-refractivity contribution is 7.98. The standard InChI is InChI=1S/C15H24N6O3S.C8H6F3NO/c1-10(5-4-6-18-15(22)24-8-7-23-2)19-12-11(9-16)13(25-3)21-14(17)20-12;9-8(10,11)6-2-1-3-7(4-6)12-5-13/h10H,4-8H2,1-3H3,(H,18,22)(H3,17,19,20,21);1-5H,(H,12,13)/t10-;/m1./s1. The maximum absolute atomic E-state index is 12.1. The Morgan fingerprint density at radius 3 is 2.66 bits per heavy atom. The molecule has 0 saturated heterocycles. The number of amides is 2. The molecule has 2 rings (SSSR count). The molecular weight excluding hydrogens is 527 g/mol. The van der Waals surface area contributed by atoms with Crippen molar-refractivity contribution in [1.29, 1.82) is 5.26 Å². The highest BCUT2D eigenvalue weighted by atomic mass is 32.2. The molecule has 38 heavy (non-hydrogen) atoms. The summed E-state index contributed by atoms with van der Waals surface area (Å²) in [5, 5.41) is 17.8. The predicted octanol–water partition coefficient (Wildman–Crippen LogP) is 3.88. The molecule has 0 unspecified atom stereocenters. The van der Waals surface area contributed by atoms with Crippen LogP contribution < -0.4 is 21.7 Å². The smallest absolute Gasteiger partial charge is 0.416 e. The molecule has 0 radical (unpaired) electrons. The van der Waals surface area contributed by atoms with Crippen LogP contribution in [0, 0.1) is 11.3 Å². The fourth-order valence-electron chi connectivity index (χ4n) is 2.84. The van der Waals surface area contributed by atoms with Gasteiger partial charge in [-0.2, -0.15) is 23.4 Å². The van der Waals surface area contributed by atoms with E-state index in [1.54, 1.807) is 7.11 Å². The van der Waals surface area contributed by atoms with Crippen LogP contribution in [0.5, 0.6) is 0 Å². The number of benzene rings is 1. The Morgan fingerprint density at radius 1 is 1.32 bits per heavy atom. The maximum Gasteiger partial charge on any atom is 0.416 e. The van der Waals surface area contributed by atoms with Crippen LogP contribution in [-0.2, 0) is 20.4 Å². The summed E-state index contributed by atoms with van der Waals surface area (Å²) in [5.41, 5.74) is 5.42. The average Bonchev–Trinajstić information content (AvgIpc) is 2.86. The van der Waals surface area contributed by atoms with E-state index < -0.39 is 17.8 Å². The van der Waals surface area contributed by atoms with E-state index in [9.17, 15) is 28.0 Å². The molecule has 1 atom stereocenters. The number of nitriles is 1. The Morgan fingerprint density at radius 2 is 2.05 bits per heavy atom. The van der Waals surface area contributed by atoms with Gasteiger partial charge in [0.05, 0.1) is 12.2 Å². The van der Waals surface area contributed by atoms with Gasteiger partial charge < -0.3 is 31.2 Å². The largest absolute Gasteiger partial charge is 0.447 e. The van der Waals surface area contributed by atoms with Gasteiger partial charge in [0, 0.05) is 25.4 Å². The number of nitrogen functional groups attached to an aromatic ring is 1. The van der Waals surface area contributed by atoms with Gasteiger partial charge in [-0.05, 0) is 44.2 Å². The maximum atomic E-state index is 12.1. The van der Waals surface area contributed by atoms with Crippen molar-refractivity contribution < 1.29 is 32.2 Å². The van der Waals surface area contributed by atoms with Gasteiger partial charge in [-0.25, -0.2) is 9.78 Å². The van der Waals surface area contributed by atoms with E-state index >= 15 is 0 Å². The summed E-state index contributed by atoms with van der Waals surface area (Å²) in [7, 11) is 1.54. The van der Waals surface area contributed by atoms with E-state index in [0.717, 1.165) is 25.0 Å². The summed E-state index contributed by atoms with van der Waals surface area (Å²) in [4.78, 5) is 29.5. The van der Waals surface area contributed by atoms with Crippen molar-refractivity contribution in [3.63, 3.8) is 0 Å². The molecule has 0 bridgehead atoms. The second kappa shape index (κ2) is 16.9. The van der Waals surface area contributed by atoms with Gasteiger partial charge in [0.2, 0.25) is 12.4 Å². The lowest BCUT2D eigenvalue weighted by molar-refractivity contribution is -0.137. The van der Waals surface area contributed by atoms with Crippen LogP contribution in [0.1, 0.15) is 30.9 Å².